The topological polar surface area (TPSA) is 30.3 Å². The van der Waals surface area contributed by atoms with Crippen molar-refractivity contribution in [3.63, 3.8) is 0 Å². The summed E-state index contributed by atoms with van der Waals surface area (Å²) in [5.41, 5.74) is 0. The summed E-state index contributed by atoms with van der Waals surface area (Å²) < 4.78 is 0. The second kappa shape index (κ2) is 3.88. The maximum atomic E-state index is 8.84. The SMILES string of the molecule is CC(C)N1CCN(C)C(C#N)C1. The van der Waals surface area contributed by atoms with Crippen molar-refractivity contribution < 1.29 is 0 Å². The number of rotatable bonds is 1. The predicted octanol–water partition coefficient (Wildman–Crippen LogP) is 0.534. The molecule has 3 nitrogen and oxygen atoms in total. The second-order valence-electron chi connectivity index (χ2n) is 3.71. The van der Waals surface area contributed by atoms with Crippen LogP contribution in [-0.2, 0) is 0 Å². The Bertz CT molecular complexity index is 183. The molecule has 1 rings (SSSR count). The lowest BCUT2D eigenvalue weighted by Crippen LogP contribution is -2.52. The van der Waals surface area contributed by atoms with Gasteiger partial charge < -0.3 is 0 Å². The van der Waals surface area contributed by atoms with Gasteiger partial charge in [0.25, 0.3) is 0 Å². The van der Waals surface area contributed by atoms with Crippen molar-refractivity contribution in [1.29, 1.82) is 5.26 Å². The molecule has 0 aliphatic carbocycles. The number of piperazine rings is 1. The van der Waals surface area contributed by atoms with Crippen molar-refractivity contribution in [2.24, 2.45) is 0 Å². The Hall–Kier alpha value is -0.590. The van der Waals surface area contributed by atoms with Crippen molar-refractivity contribution >= 4 is 0 Å². The van der Waals surface area contributed by atoms with Gasteiger partial charge in [0.2, 0.25) is 0 Å². The molecular formula is C9H17N3. The minimum absolute atomic E-state index is 0.0844. The lowest BCUT2D eigenvalue weighted by molar-refractivity contribution is 0.0984. The minimum atomic E-state index is 0.0844. The molecule has 3 heteroatoms. The van der Waals surface area contributed by atoms with E-state index < -0.39 is 0 Å². The maximum Gasteiger partial charge on any atom is 0.110 e. The normalized spacial score (nSPS) is 27.4. The molecule has 0 aromatic rings. The highest BCUT2D eigenvalue weighted by molar-refractivity contribution is 4.96. The van der Waals surface area contributed by atoms with E-state index in [1.165, 1.54) is 0 Å². The third kappa shape index (κ3) is 1.96. The number of nitrogens with zero attached hydrogens (tertiary/aromatic N) is 3. The van der Waals surface area contributed by atoms with E-state index in [0.717, 1.165) is 19.6 Å². The van der Waals surface area contributed by atoms with Crippen LogP contribution in [-0.4, -0.2) is 48.6 Å². The molecule has 1 saturated heterocycles. The average Bonchev–Trinajstić information content (AvgIpc) is 2.05. The molecule has 1 unspecified atom stereocenters. The Morgan fingerprint density at radius 2 is 2.08 bits per heavy atom. The van der Waals surface area contributed by atoms with Crippen LogP contribution in [0.3, 0.4) is 0 Å². The summed E-state index contributed by atoms with van der Waals surface area (Å²) in [5.74, 6) is 0. The summed E-state index contributed by atoms with van der Waals surface area (Å²) in [6.07, 6.45) is 0. The first-order chi connectivity index (χ1) is 5.65. The van der Waals surface area contributed by atoms with E-state index in [-0.39, 0.29) is 6.04 Å². The molecule has 1 fully saturated rings. The maximum absolute atomic E-state index is 8.84. The average molecular weight is 167 g/mol. The molecule has 12 heavy (non-hydrogen) atoms. The highest BCUT2D eigenvalue weighted by Gasteiger charge is 2.24. The Morgan fingerprint density at radius 3 is 2.58 bits per heavy atom. The van der Waals surface area contributed by atoms with Crippen LogP contribution in [0.15, 0.2) is 0 Å². The van der Waals surface area contributed by atoms with Gasteiger partial charge in [0.15, 0.2) is 0 Å². The van der Waals surface area contributed by atoms with Gasteiger partial charge in [-0.3, -0.25) is 9.80 Å². The molecule has 0 saturated carbocycles. The molecule has 1 aliphatic rings. The summed E-state index contributed by atoms with van der Waals surface area (Å²) in [7, 11) is 2.02. The molecule has 1 aliphatic heterocycles. The summed E-state index contributed by atoms with van der Waals surface area (Å²) in [6.45, 7) is 7.35. The highest BCUT2D eigenvalue weighted by Crippen LogP contribution is 2.09. The van der Waals surface area contributed by atoms with Crippen LogP contribution >= 0.6 is 0 Å². The van der Waals surface area contributed by atoms with Crippen molar-refractivity contribution in [3.05, 3.63) is 0 Å². The zero-order chi connectivity index (χ0) is 9.14. The van der Waals surface area contributed by atoms with Crippen molar-refractivity contribution in [2.45, 2.75) is 25.9 Å². The minimum Gasteiger partial charge on any atom is -0.297 e. The third-order valence-corrected chi connectivity index (χ3v) is 2.56. The van der Waals surface area contributed by atoms with Gasteiger partial charge in [-0.15, -0.1) is 0 Å². The van der Waals surface area contributed by atoms with E-state index in [1.54, 1.807) is 0 Å². The largest absolute Gasteiger partial charge is 0.297 e. The first kappa shape index (κ1) is 9.50. The quantitative estimate of drug-likeness (QED) is 0.571. The van der Waals surface area contributed by atoms with Crippen molar-refractivity contribution in [3.8, 4) is 6.07 Å². The molecule has 0 radical (unpaired) electrons. The fraction of sp³-hybridized carbons (Fsp3) is 0.889. The molecule has 0 spiro atoms. The van der Waals surface area contributed by atoms with Gasteiger partial charge >= 0.3 is 0 Å². The molecule has 0 aromatic carbocycles. The summed E-state index contributed by atoms with van der Waals surface area (Å²) in [6, 6.07) is 2.97. The Kier molecular flexibility index (Phi) is 3.07. The van der Waals surface area contributed by atoms with Crippen LogP contribution in [0.5, 0.6) is 0 Å². The Morgan fingerprint density at radius 1 is 1.42 bits per heavy atom. The molecule has 0 aromatic heterocycles. The zero-order valence-corrected chi connectivity index (χ0v) is 8.12. The summed E-state index contributed by atoms with van der Waals surface area (Å²) in [4.78, 5) is 4.48. The van der Waals surface area contributed by atoms with Crippen LogP contribution in [0.2, 0.25) is 0 Å². The fourth-order valence-electron chi connectivity index (χ4n) is 1.50. The van der Waals surface area contributed by atoms with E-state index in [4.69, 9.17) is 5.26 Å². The van der Waals surface area contributed by atoms with Gasteiger partial charge in [0, 0.05) is 25.7 Å². The van der Waals surface area contributed by atoms with Gasteiger partial charge in [-0.25, -0.2) is 0 Å². The molecule has 68 valence electrons. The van der Waals surface area contributed by atoms with Gasteiger partial charge in [0.1, 0.15) is 6.04 Å². The predicted molar refractivity (Wildman–Crippen MR) is 48.7 cm³/mol. The van der Waals surface area contributed by atoms with E-state index in [2.05, 4.69) is 29.7 Å². The monoisotopic (exact) mass is 167 g/mol. The number of hydrogen-bond acceptors (Lipinski definition) is 3. The summed E-state index contributed by atoms with van der Waals surface area (Å²) >= 11 is 0. The lowest BCUT2D eigenvalue weighted by Gasteiger charge is -2.38. The van der Waals surface area contributed by atoms with Gasteiger partial charge in [0.05, 0.1) is 6.07 Å². The van der Waals surface area contributed by atoms with Gasteiger partial charge in [-0.2, -0.15) is 5.26 Å². The number of likely N-dealkylation sites (N-methyl/N-ethyl adjacent to an activating group) is 1. The van der Waals surface area contributed by atoms with Crippen molar-refractivity contribution in [2.75, 3.05) is 26.7 Å². The Labute approximate surface area is 74.6 Å². The molecule has 0 bridgehead atoms. The van der Waals surface area contributed by atoms with Crippen LogP contribution < -0.4 is 0 Å². The number of hydrogen-bond donors (Lipinski definition) is 0. The van der Waals surface area contributed by atoms with Crippen LogP contribution in [0.4, 0.5) is 0 Å². The highest BCUT2D eigenvalue weighted by atomic mass is 15.3. The first-order valence-corrected chi connectivity index (χ1v) is 4.49. The van der Waals surface area contributed by atoms with Gasteiger partial charge in [-0.05, 0) is 20.9 Å². The van der Waals surface area contributed by atoms with E-state index >= 15 is 0 Å². The van der Waals surface area contributed by atoms with E-state index in [0.29, 0.717) is 6.04 Å². The van der Waals surface area contributed by atoms with E-state index in [9.17, 15) is 0 Å². The van der Waals surface area contributed by atoms with Crippen molar-refractivity contribution in [1.82, 2.24) is 9.80 Å². The summed E-state index contributed by atoms with van der Waals surface area (Å²) in [5, 5.41) is 8.84. The molecule has 0 amide bonds. The molecule has 1 atom stereocenters. The van der Waals surface area contributed by atoms with Crippen LogP contribution in [0, 0.1) is 11.3 Å². The van der Waals surface area contributed by atoms with Gasteiger partial charge in [-0.1, -0.05) is 0 Å². The van der Waals surface area contributed by atoms with Crippen LogP contribution in [0.1, 0.15) is 13.8 Å². The first-order valence-electron chi connectivity index (χ1n) is 4.49. The van der Waals surface area contributed by atoms with E-state index in [1.807, 2.05) is 7.05 Å². The molecule has 0 N–H and O–H groups in total. The zero-order valence-electron chi connectivity index (χ0n) is 8.12. The smallest absolute Gasteiger partial charge is 0.110 e. The number of nitriles is 1. The standard InChI is InChI=1S/C9H17N3/c1-8(2)12-5-4-11(3)9(6-10)7-12/h8-9H,4-5,7H2,1-3H3. The lowest BCUT2D eigenvalue weighted by atomic mass is 10.1. The molecule has 1 heterocycles. The third-order valence-electron chi connectivity index (χ3n) is 2.56. The second-order valence-corrected chi connectivity index (χ2v) is 3.71. The molecular weight excluding hydrogens is 150 g/mol. The Balaban J connectivity index is 2.51. The fourth-order valence-corrected chi connectivity index (χ4v) is 1.50. The van der Waals surface area contributed by atoms with Crippen LogP contribution in [0.25, 0.3) is 0 Å².